The first-order chi connectivity index (χ1) is 8.75. The number of hydrogen-bond donors (Lipinski definition) is 2. The molecule has 5 heteroatoms. The highest BCUT2D eigenvalue weighted by Gasteiger charge is 2.12. The fourth-order valence-electron chi connectivity index (χ4n) is 1.74. The number of nitrogens with one attached hydrogen (secondary N) is 1. The third kappa shape index (κ3) is 5.60. The lowest BCUT2D eigenvalue weighted by molar-refractivity contribution is 0.0660. The molecule has 0 fully saturated rings. The van der Waals surface area contributed by atoms with Crippen molar-refractivity contribution in [2.45, 2.75) is 32.2 Å². The molecule has 1 heterocycles. The van der Waals surface area contributed by atoms with Crippen molar-refractivity contribution in [2.24, 2.45) is 0 Å². The second-order valence-corrected chi connectivity index (χ2v) is 5.15. The number of hydrogen-bond acceptors (Lipinski definition) is 4. The van der Waals surface area contributed by atoms with Crippen LogP contribution in [0.3, 0.4) is 0 Å². The van der Waals surface area contributed by atoms with Gasteiger partial charge in [-0.25, -0.2) is 4.79 Å². The molecule has 4 nitrogen and oxygen atoms in total. The summed E-state index contributed by atoms with van der Waals surface area (Å²) in [5.74, 6) is 0.279. The summed E-state index contributed by atoms with van der Waals surface area (Å²) < 4.78 is 4.91. The summed E-state index contributed by atoms with van der Waals surface area (Å²) in [6.45, 7) is 1.48. The molecule has 18 heavy (non-hydrogen) atoms. The zero-order chi connectivity index (χ0) is 13.2. The third-order valence-electron chi connectivity index (χ3n) is 2.71. The molecule has 0 aromatic carbocycles. The van der Waals surface area contributed by atoms with Gasteiger partial charge in [-0.15, -0.1) is 0 Å². The van der Waals surface area contributed by atoms with Gasteiger partial charge in [-0.05, 0) is 37.5 Å². The maximum Gasteiger partial charge on any atom is 0.372 e. The second-order valence-electron chi connectivity index (χ2n) is 4.16. The lowest BCUT2D eigenvalue weighted by Gasteiger charge is -2.04. The number of aromatic carboxylic acids is 1. The molecular formula is C13H21NO3S. The van der Waals surface area contributed by atoms with Crippen LogP contribution >= 0.6 is 11.8 Å². The Morgan fingerprint density at radius 2 is 2.17 bits per heavy atom. The molecule has 0 atom stereocenters. The molecule has 0 amide bonds. The van der Waals surface area contributed by atoms with E-state index in [1.54, 1.807) is 6.07 Å². The van der Waals surface area contributed by atoms with Crippen molar-refractivity contribution >= 4 is 17.7 Å². The first-order valence-corrected chi connectivity index (χ1v) is 7.64. The van der Waals surface area contributed by atoms with Crippen LogP contribution in [-0.2, 0) is 6.54 Å². The predicted octanol–water partition coefficient (Wildman–Crippen LogP) is 2.99. The molecule has 1 rings (SSSR count). The van der Waals surface area contributed by atoms with Gasteiger partial charge < -0.3 is 14.8 Å². The Morgan fingerprint density at radius 3 is 2.89 bits per heavy atom. The van der Waals surface area contributed by atoms with Crippen LogP contribution in [-0.4, -0.2) is 29.6 Å². The van der Waals surface area contributed by atoms with E-state index in [-0.39, 0.29) is 5.76 Å². The minimum atomic E-state index is -1.01. The first-order valence-electron chi connectivity index (χ1n) is 6.25. The summed E-state index contributed by atoms with van der Waals surface area (Å²) in [6, 6.07) is 1.70. The minimum Gasteiger partial charge on any atom is -0.475 e. The Bertz CT molecular complexity index is 352. The number of thioether (sulfide) groups is 1. The molecule has 0 spiro atoms. The highest BCUT2D eigenvalue weighted by Crippen LogP contribution is 2.10. The Balaban J connectivity index is 2.07. The fraction of sp³-hybridized carbons (Fsp3) is 0.615. The van der Waals surface area contributed by atoms with Crippen molar-refractivity contribution in [3.8, 4) is 0 Å². The van der Waals surface area contributed by atoms with Gasteiger partial charge in [0.05, 0.1) is 6.26 Å². The number of carboxylic acid groups (broad SMARTS) is 1. The highest BCUT2D eigenvalue weighted by atomic mass is 32.2. The van der Waals surface area contributed by atoms with E-state index >= 15 is 0 Å². The van der Waals surface area contributed by atoms with Gasteiger partial charge >= 0.3 is 5.97 Å². The first kappa shape index (κ1) is 15.1. The zero-order valence-electron chi connectivity index (χ0n) is 10.8. The zero-order valence-corrected chi connectivity index (χ0v) is 11.6. The smallest absolute Gasteiger partial charge is 0.372 e. The van der Waals surface area contributed by atoms with E-state index in [1.807, 2.05) is 11.8 Å². The van der Waals surface area contributed by atoms with E-state index in [4.69, 9.17) is 9.52 Å². The summed E-state index contributed by atoms with van der Waals surface area (Å²) in [5.41, 5.74) is 0.713. The van der Waals surface area contributed by atoms with Crippen LogP contribution in [0, 0.1) is 0 Å². The summed E-state index contributed by atoms with van der Waals surface area (Å²) >= 11 is 1.89. The second kappa shape index (κ2) is 9.05. The van der Waals surface area contributed by atoms with E-state index in [0.29, 0.717) is 12.1 Å². The molecule has 0 saturated carbocycles. The number of unbranched alkanes of at least 4 members (excludes halogenated alkanes) is 3. The monoisotopic (exact) mass is 271 g/mol. The Hall–Kier alpha value is -0.940. The van der Waals surface area contributed by atoms with Gasteiger partial charge in [-0.3, -0.25) is 0 Å². The van der Waals surface area contributed by atoms with Gasteiger partial charge in [0.2, 0.25) is 5.76 Å². The van der Waals surface area contributed by atoms with Gasteiger partial charge in [-0.2, -0.15) is 11.8 Å². The quantitative estimate of drug-likeness (QED) is 0.641. The van der Waals surface area contributed by atoms with E-state index in [1.165, 1.54) is 31.3 Å². The summed E-state index contributed by atoms with van der Waals surface area (Å²) in [5, 5.41) is 12.1. The average molecular weight is 271 g/mol. The van der Waals surface area contributed by atoms with Crippen LogP contribution in [0.5, 0.6) is 0 Å². The summed E-state index contributed by atoms with van der Waals surface area (Å²) in [6.07, 6.45) is 8.47. The molecule has 2 N–H and O–H groups in total. The molecule has 1 aromatic rings. The Morgan fingerprint density at radius 1 is 1.39 bits per heavy atom. The molecule has 0 aliphatic heterocycles. The van der Waals surface area contributed by atoms with E-state index < -0.39 is 5.97 Å². The molecule has 0 radical (unpaired) electrons. The molecule has 0 aliphatic carbocycles. The molecule has 0 aliphatic rings. The maximum absolute atomic E-state index is 10.8. The lowest BCUT2D eigenvalue weighted by Crippen LogP contribution is -2.16. The average Bonchev–Trinajstić information content (AvgIpc) is 2.81. The van der Waals surface area contributed by atoms with Crippen molar-refractivity contribution < 1.29 is 14.3 Å². The number of carboxylic acids is 1. The number of rotatable bonds is 10. The molecule has 1 aromatic heterocycles. The maximum atomic E-state index is 10.8. The fourth-order valence-corrected chi connectivity index (χ4v) is 2.23. The number of furan rings is 1. The van der Waals surface area contributed by atoms with E-state index in [9.17, 15) is 4.79 Å². The van der Waals surface area contributed by atoms with Gasteiger partial charge in [0.25, 0.3) is 0 Å². The van der Waals surface area contributed by atoms with Gasteiger partial charge in [0.15, 0.2) is 0 Å². The van der Waals surface area contributed by atoms with Gasteiger partial charge in [-0.1, -0.05) is 12.8 Å². The summed E-state index contributed by atoms with van der Waals surface area (Å²) in [4.78, 5) is 10.8. The SMILES string of the molecule is CSCCCCCCNCc1ccoc1C(=O)O. The number of carbonyl (C=O) groups is 1. The van der Waals surface area contributed by atoms with Gasteiger partial charge in [0.1, 0.15) is 0 Å². The van der Waals surface area contributed by atoms with Crippen LogP contribution in [0.1, 0.15) is 41.8 Å². The van der Waals surface area contributed by atoms with Crippen LogP contribution in [0.4, 0.5) is 0 Å². The molecular weight excluding hydrogens is 250 g/mol. The van der Waals surface area contributed by atoms with Crippen LogP contribution in [0.15, 0.2) is 16.7 Å². The summed E-state index contributed by atoms with van der Waals surface area (Å²) in [7, 11) is 0. The molecule has 102 valence electrons. The van der Waals surface area contributed by atoms with Crippen LogP contribution in [0.25, 0.3) is 0 Å². The van der Waals surface area contributed by atoms with Crippen molar-refractivity contribution in [2.75, 3.05) is 18.6 Å². The van der Waals surface area contributed by atoms with Crippen molar-refractivity contribution in [1.82, 2.24) is 5.32 Å². The normalized spacial score (nSPS) is 10.7. The Kier molecular flexibility index (Phi) is 7.60. The third-order valence-corrected chi connectivity index (χ3v) is 3.41. The van der Waals surface area contributed by atoms with E-state index in [2.05, 4.69) is 11.6 Å². The largest absolute Gasteiger partial charge is 0.475 e. The Labute approximate surface area is 112 Å². The highest BCUT2D eigenvalue weighted by molar-refractivity contribution is 7.98. The minimum absolute atomic E-state index is 0.0440. The molecule has 0 bridgehead atoms. The van der Waals surface area contributed by atoms with Crippen molar-refractivity contribution in [3.05, 3.63) is 23.7 Å². The standard InChI is InChI=1S/C13H21NO3S/c1-18-9-5-3-2-4-7-14-10-11-6-8-17-12(11)13(15)16/h6,8,14H,2-5,7,9-10H2,1H3,(H,15,16). The van der Waals surface area contributed by atoms with E-state index in [0.717, 1.165) is 13.0 Å². The predicted molar refractivity (Wildman–Crippen MR) is 74.2 cm³/mol. The van der Waals surface area contributed by atoms with Crippen LogP contribution in [0.2, 0.25) is 0 Å². The molecule has 0 saturated heterocycles. The lowest BCUT2D eigenvalue weighted by atomic mass is 10.2. The van der Waals surface area contributed by atoms with Gasteiger partial charge in [0, 0.05) is 12.1 Å². The van der Waals surface area contributed by atoms with Crippen molar-refractivity contribution in [1.29, 1.82) is 0 Å². The molecule has 0 unspecified atom stereocenters. The topological polar surface area (TPSA) is 62.5 Å². The van der Waals surface area contributed by atoms with Crippen LogP contribution < -0.4 is 5.32 Å². The van der Waals surface area contributed by atoms with Crippen molar-refractivity contribution in [3.63, 3.8) is 0 Å².